The highest BCUT2D eigenvalue weighted by molar-refractivity contribution is 5.98. The van der Waals surface area contributed by atoms with Gasteiger partial charge in [-0.3, -0.25) is 4.79 Å². The lowest BCUT2D eigenvalue weighted by molar-refractivity contribution is -0.129. The molecular weight excluding hydrogens is 372 g/mol. The fourth-order valence-corrected chi connectivity index (χ4v) is 6.74. The Balaban J connectivity index is 1.91. The Hall–Kier alpha value is -1.37. The van der Waals surface area contributed by atoms with Crippen LogP contribution in [-0.2, 0) is 14.8 Å². The normalized spacial score (nSPS) is 30.2. The van der Waals surface area contributed by atoms with E-state index in [4.69, 9.17) is 4.43 Å². The highest BCUT2D eigenvalue weighted by atomic mass is 28.2. The van der Waals surface area contributed by atoms with Gasteiger partial charge in [0.1, 0.15) is 16.3 Å². The Morgan fingerprint density at radius 2 is 1.90 bits per heavy atom. The molecule has 0 radical (unpaired) electrons. The number of benzene rings is 1. The minimum atomic E-state index is -0.353. The SMILES string of the molecule is C[C@@H](C#Cc1ccccc1C(C)(O[SiH3])C(C)(C)C)[C@H]1CC[C@H]2C(=O)CCC[C@]12C. The molecule has 2 fully saturated rings. The number of ketones is 1. The van der Waals surface area contributed by atoms with Gasteiger partial charge in [0.15, 0.2) is 0 Å². The highest BCUT2D eigenvalue weighted by Gasteiger charge is 2.52. The van der Waals surface area contributed by atoms with Crippen molar-refractivity contribution in [1.82, 2.24) is 0 Å². The van der Waals surface area contributed by atoms with Crippen molar-refractivity contribution in [1.29, 1.82) is 0 Å². The Morgan fingerprint density at radius 3 is 2.55 bits per heavy atom. The molecule has 0 heterocycles. The third kappa shape index (κ3) is 3.87. The average molecular weight is 411 g/mol. The summed E-state index contributed by atoms with van der Waals surface area (Å²) in [4.78, 5) is 12.5. The third-order valence-electron chi connectivity index (χ3n) is 8.26. The molecule has 5 atom stereocenters. The van der Waals surface area contributed by atoms with Crippen molar-refractivity contribution in [2.24, 2.45) is 28.6 Å². The van der Waals surface area contributed by atoms with E-state index in [9.17, 15) is 4.79 Å². The molecule has 2 nitrogen and oxygen atoms in total. The summed E-state index contributed by atoms with van der Waals surface area (Å²) in [5.41, 5.74) is 2.03. The lowest BCUT2D eigenvalue weighted by Gasteiger charge is -2.42. The molecule has 29 heavy (non-hydrogen) atoms. The predicted molar refractivity (Wildman–Crippen MR) is 123 cm³/mol. The first-order chi connectivity index (χ1) is 13.5. The average Bonchev–Trinajstić information content (AvgIpc) is 3.03. The van der Waals surface area contributed by atoms with Crippen molar-refractivity contribution >= 4 is 16.3 Å². The van der Waals surface area contributed by atoms with Crippen molar-refractivity contribution in [3.8, 4) is 11.8 Å². The number of carbonyl (C=O) groups is 1. The van der Waals surface area contributed by atoms with Crippen molar-refractivity contribution in [2.75, 3.05) is 0 Å². The molecule has 0 saturated heterocycles. The standard InChI is InChI=1S/C26H38O2Si/c1-18(20-15-16-22-23(27)12-9-17-25(20,22)5)13-14-19-10-7-8-11-21(19)26(6,28-29)24(2,3)4/h7-8,10-11,18,20,22H,9,12,15-17H2,1-6,29H3/t18-,20+,22-,25+,26?/m0/s1. The van der Waals surface area contributed by atoms with Crippen LogP contribution in [0.3, 0.4) is 0 Å². The summed E-state index contributed by atoms with van der Waals surface area (Å²) in [7, 11) is 0.683. The van der Waals surface area contributed by atoms with Gasteiger partial charge in [-0.05, 0) is 61.0 Å². The summed E-state index contributed by atoms with van der Waals surface area (Å²) in [6.45, 7) is 13.5. The summed E-state index contributed by atoms with van der Waals surface area (Å²) < 4.78 is 6.17. The van der Waals surface area contributed by atoms with Gasteiger partial charge in [-0.15, -0.1) is 0 Å². The van der Waals surface area contributed by atoms with Crippen LogP contribution in [0.4, 0.5) is 0 Å². The summed E-state index contributed by atoms with van der Waals surface area (Å²) in [6, 6.07) is 8.46. The van der Waals surface area contributed by atoms with Crippen LogP contribution in [0, 0.1) is 40.4 Å². The Morgan fingerprint density at radius 1 is 1.21 bits per heavy atom. The van der Waals surface area contributed by atoms with Crippen LogP contribution in [0.15, 0.2) is 24.3 Å². The van der Waals surface area contributed by atoms with Gasteiger partial charge < -0.3 is 4.43 Å². The fraction of sp³-hybridized carbons (Fsp3) is 0.654. The quantitative estimate of drug-likeness (QED) is 0.517. The maximum absolute atomic E-state index is 12.5. The number of Topliss-reactive ketones (excluding diaryl/α,β-unsaturated/α-hetero) is 1. The van der Waals surface area contributed by atoms with Crippen LogP contribution in [-0.4, -0.2) is 16.3 Å². The first kappa shape index (κ1) is 22.3. The van der Waals surface area contributed by atoms with Crippen molar-refractivity contribution in [3.05, 3.63) is 35.4 Å². The predicted octanol–water partition coefficient (Wildman–Crippen LogP) is 5.02. The molecular formula is C26H38O2Si. The molecule has 3 heteroatoms. The molecule has 2 saturated carbocycles. The third-order valence-corrected chi connectivity index (χ3v) is 9.07. The zero-order chi connectivity index (χ0) is 21.4. The van der Waals surface area contributed by atoms with E-state index in [-0.39, 0.29) is 22.3 Å². The van der Waals surface area contributed by atoms with Crippen LogP contribution in [0.5, 0.6) is 0 Å². The molecule has 3 rings (SSSR count). The first-order valence-electron chi connectivity index (χ1n) is 11.2. The Labute approximate surface area is 180 Å². The fourth-order valence-electron chi connectivity index (χ4n) is 5.91. The second-order valence-corrected chi connectivity index (χ2v) is 11.1. The van der Waals surface area contributed by atoms with E-state index in [1.165, 1.54) is 12.0 Å². The van der Waals surface area contributed by atoms with E-state index >= 15 is 0 Å². The maximum Gasteiger partial charge on any atom is 0.147 e. The van der Waals surface area contributed by atoms with Gasteiger partial charge in [-0.1, -0.05) is 64.7 Å². The van der Waals surface area contributed by atoms with Crippen LogP contribution in [0.25, 0.3) is 0 Å². The van der Waals surface area contributed by atoms with Gasteiger partial charge in [0.2, 0.25) is 0 Å². The maximum atomic E-state index is 12.5. The Kier molecular flexibility index (Phi) is 6.19. The molecule has 1 aromatic rings. The number of carbonyl (C=O) groups excluding carboxylic acids is 1. The molecule has 0 aliphatic heterocycles. The van der Waals surface area contributed by atoms with Crippen LogP contribution in [0.1, 0.15) is 84.8 Å². The van der Waals surface area contributed by atoms with Crippen molar-refractivity contribution < 1.29 is 9.22 Å². The number of fused-ring (bicyclic) bond motifs is 1. The number of rotatable bonds is 3. The van der Waals surface area contributed by atoms with E-state index in [1.54, 1.807) is 0 Å². The molecule has 0 aromatic heterocycles. The zero-order valence-electron chi connectivity index (χ0n) is 19.4. The van der Waals surface area contributed by atoms with Crippen LogP contribution < -0.4 is 0 Å². The summed E-state index contributed by atoms with van der Waals surface area (Å²) in [5.74, 6) is 8.69. The second kappa shape index (κ2) is 8.04. The van der Waals surface area contributed by atoms with E-state index in [1.807, 2.05) is 0 Å². The van der Waals surface area contributed by atoms with Gasteiger partial charge in [0.25, 0.3) is 0 Å². The van der Waals surface area contributed by atoms with E-state index in [0.29, 0.717) is 28.1 Å². The lowest BCUT2D eigenvalue weighted by atomic mass is 9.62. The van der Waals surface area contributed by atoms with Gasteiger partial charge in [0.05, 0.1) is 5.60 Å². The summed E-state index contributed by atoms with van der Waals surface area (Å²) in [6.07, 6.45) is 5.19. The Bertz CT molecular complexity index is 827. The molecule has 0 N–H and O–H groups in total. The molecule has 1 aromatic carbocycles. The topological polar surface area (TPSA) is 26.3 Å². The van der Waals surface area contributed by atoms with Crippen LogP contribution >= 0.6 is 0 Å². The molecule has 2 aliphatic carbocycles. The van der Waals surface area contributed by atoms with Gasteiger partial charge in [0, 0.05) is 23.8 Å². The minimum Gasteiger partial charge on any atom is -0.418 e. The van der Waals surface area contributed by atoms with Gasteiger partial charge in [-0.2, -0.15) is 0 Å². The number of hydrogen-bond donors (Lipinski definition) is 0. The number of hydrogen-bond acceptors (Lipinski definition) is 2. The van der Waals surface area contributed by atoms with E-state index in [2.05, 4.69) is 77.6 Å². The highest BCUT2D eigenvalue weighted by Crippen LogP contribution is 2.56. The largest absolute Gasteiger partial charge is 0.418 e. The van der Waals surface area contributed by atoms with Gasteiger partial charge in [-0.25, -0.2) is 0 Å². The monoisotopic (exact) mass is 410 g/mol. The molecule has 1 unspecified atom stereocenters. The first-order valence-corrected chi connectivity index (χ1v) is 12.0. The smallest absolute Gasteiger partial charge is 0.147 e. The van der Waals surface area contributed by atoms with Crippen molar-refractivity contribution in [3.63, 3.8) is 0 Å². The molecule has 0 spiro atoms. The zero-order valence-corrected chi connectivity index (χ0v) is 21.4. The molecule has 158 valence electrons. The van der Waals surface area contributed by atoms with Crippen molar-refractivity contribution in [2.45, 2.75) is 79.2 Å². The lowest BCUT2D eigenvalue weighted by Crippen LogP contribution is -2.40. The van der Waals surface area contributed by atoms with Crippen LogP contribution in [0.2, 0.25) is 0 Å². The van der Waals surface area contributed by atoms with E-state index in [0.717, 1.165) is 31.2 Å². The second-order valence-electron chi connectivity index (χ2n) is 10.7. The summed E-state index contributed by atoms with van der Waals surface area (Å²) >= 11 is 0. The van der Waals surface area contributed by atoms with E-state index < -0.39 is 0 Å². The molecule has 2 aliphatic rings. The molecule has 0 amide bonds. The molecule has 0 bridgehead atoms. The van der Waals surface area contributed by atoms with Gasteiger partial charge >= 0.3 is 0 Å². The summed E-state index contributed by atoms with van der Waals surface area (Å²) in [5, 5.41) is 0. The minimum absolute atomic E-state index is 0.0211.